The summed E-state index contributed by atoms with van der Waals surface area (Å²) in [5.41, 5.74) is 4.33. The molecule has 0 atom stereocenters. The highest BCUT2D eigenvalue weighted by Crippen LogP contribution is 2.29. The predicted octanol–water partition coefficient (Wildman–Crippen LogP) is 4.72. The predicted molar refractivity (Wildman–Crippen MR) is 93.1 cm³/mol. The molecular weight excluding hydrogens is 306 g/mol. The number of rotatable bonds is 3. The Morgan fingerprint density at radius 3 is 2.74 bits per heavy atom. The first kappa shape index (κ1) is 14.7. The van der Waals surface area contributed by atoms with Crippen molar-refractivity contribution in [3.8, 4) is 17.1 Å². The SMILES string of the molecule is Cc1cscc1-c1cnc2ccc(OC3CCC(C)CC3)nn12. The minimum absolute atomic E-state index is 0.297. The Morgan fingerprint density at radius 1 is 1.17 bits per heavy atom. The Kier molecular flexibility index (Phi) is 3.81. The summed E-state index contributed by atoms with van der Waals surface area (Å²) in [6, 6.07) is 3.92. The summed E-state index contributed by atoms with van der Waals surface area (Å²) < 4.78 is 8.03. The zero-order valence-corrected chi connectivity index (χ0v) is 14.3. The molecule has 0 saturated heterocycles. The minimum atomic E-state index is 0.297. The highest BCUT2D eigenvalue weighted by molar-refractivity contribution is 7.08. The molecule has 3 aromatic rings. The summed E-state index contributed by atoms with van der Waals surface area (Å²) >= 11 is 1.71. The number of nitrogens with zero attached hydrogens (tertiary/aromatic N) is 3. The van der Waals surface area contributed by atoms with Crippen LogP contribution >= 0.6 is 11.3 Å². The molecule has 0 bridgehead atoms. The number of imidazole rings is 1. The van der Waals surface area contributed by atoms with Crippen LogP contribution in [-0.2, 0) is 0 Å². The van der Waals surface area contributed by atoms with E-state index in [4.69, 9.17) is 4.74 Å². The van der Waals surface area contributed by atoms with Gasteiger partial charge in [0, 0.05) is 17.0 Å². The Labute approximate surface area is 140 Å². The van der Waals surface area contributed by atoms with Crippen molar-refractivity contribution in [2.45, 2.75) is 45.6 Å². The van der Waals surface area contributed by atoms with E-state index in [0.717, 1.165) is 30.1 Å². The van der Waals surface area contributed by atoms with Crippen molar-refractivity contribution in [1.82, 2.24) is 14.6 Å². The van der Waals surface area contributed by atoms with Gasteiger partial charge in [0.25, 0.3) is 0 Å². The Balaban J connectivity index is 1.63. The molecule has 23 heavy (non-hydrogen) atoms. The number of fused-ring (bicyclic) bond motifs is 1. The largest absolute Gasteiger partial charge is 0.473 e. The van der Waals surface area contributed by atoms with Gasteiger partial charge in [-0.1, -0.05) is 6.92 Å². The number of ether oxygens (including phenoxy) is 1. The van der Waals surface area contributed by atoms with Gasteiger partial charge in [-0.15, -0.1) is 5.10 Å². The van der Waals surface area contributed by atoms with Gasteiger partial charge in [0.05, 0.1) is 11.9 Å². The van der Waals surface area contributed by atoms with Crippen LogP contribution in [0.2, 0.25) is 0 Å². The summed E-state index contributed by atoms with van der Waals surface area (Å²) in [6.07, 6.45) is 6.94. The van der Waals surface area contributed by atoms with Crippen LogP contribution in [0.3, 0.4) is 0 Å². The highest BCUT2D eigenvalue weighted by atomic mass is 32.1. The van der Waals surface area contributed by atoms with Crippen LogP contribution < -0.4 is 4.74 Å². The van der Waals surface area contributed by atoms with Crippen molar-refractivity contribution in [3.63, 3.8) is 0 Å². The van der Waals surface area contributed by atoms with E-state index in [9.17, 15) is 0 Å². The molecule has 5 heteroatoms. The molecule has 0 unspecified atom stereocenters. The van der Waals surface area contributed by atoms with E-state index in [2.05, 4.69) is 34.7 Å². The van der Waals surface area contributed by atoms with Gasteiger partial charge in [0.2, 0.25) is 5.88 Å². The quantitative estimate of drug-likeness (QED) is 0.698. The van der Waals surface area contributed by atoms with Crippen molar-refractivity contribution in [3.05, 3.63) is 34.7 Å². The van der Waals surface area contributed by atoms with Gasteiger partial charge >= 0.3 is 0 Å². The van der Waals surface area contributed by atoms with Crippen LogP contribution in [0.25, 0.3) is 16.9 Å². The Hall–Kier alpha value is -1.88. The number of aromatic nitrogens is 3. The topological polar surface area (TPSA) is 39.4 Å². The van der Waals surface area contributed by atoms with Gasteiger partial charge in [-0.25, -0.2) is 9.50 Å². The van der Waals surface area contributed by atoms with E-state index < -0.39 is 0 Å². The Morgan fingerprint density at radius 2 is 2.00 bits per heavy atom. The Bertz CT molecular complexity index is 815. The summed E-state index contributed by atoms with van der Waals surface area (Å²) in [6.45, 7) is 4.44. The molecule has 1 saturated carbocycles. The first-order chi connectivity index (χ1) is 11.2. The van der Waals surface area contributed by atoms with Crippen molar-refractivity contribution in [2.24, 2.45) is 5.92 Å². The normalized spacial score (nSPS) is 21.7. The molecule has 3 aromatic heterocycles. The molecular formula is C18H21N3OS. The first-order valence-electron chi connectivity index (χ1n) is 8.25. The average molecular weight is 327 g/mol. The monoisotopic (exact) mass is 327 g/mol. The third kappa shape index (κ3) is 2.85. The molecule has 0 aliphatic heterocycles. The fourth-order valence-corrected chi connectivity index (χ4v) is 4.09. The average Bonchev–Trinajstić information content (AvgIpc) is 3.15. The van der Waals surface area contributed by atoms with Crippen LogP contribution in [0.1, 0.15) is 38.2 Å². The smallest absolute Gasteiger partial charge is 0.232 e. The van der Waals surface area contributed by atoms with Gasteiger partial charge in [-0.2, -0.15) is 11.3 Å². The molecule has 0 aromatic carbocycles. The second kappa shape index (κ2) is 5.96. The van der Waals surface area contributed by atoms with E-state index in [1.807, 2.05) is 22.8 Å². The maximum atomic E-state index is 6.13. The third-order valence-corrected chi connectivity index (χ3v) is 5.58. The molecule has 0 N–H and O–H groups in total. The van der Waals surface area contributed by atoms with Crippen molar-refractivity contribution < 1.29 is 4.74 Å². The molecule has 1 aliphatic rings. The van der Waals surface area contributed by atoms with Crippen LogP contribution in [-0.4, -0.2) is 20.7 Å². The van der Waals surface area contributed by atoms with Gasteiger partial charge in [0.1, 0.15) is 6.10 Å². The number of hydrogen-bond donors (Lipinski definition) is 0. The van der Waals surface area contributed by atoms with E-state index in [1.165, 1.54) is 24.0 Å². The minimum Gasteiger partial charge on any atom is -0.473 e. The highest BCUT2D eigenvalue weighted by Gasteiger charge is 2.20. The maximum Gasteiger partial charge on any atom is 0.232 e. The second-order valence-electron chi connectivity index (χ2n) is 6.55. The molecule has 0 radical (unpaired) electrons. The number of hydrogen-bond acceptors (Lipinski definition) is 4. The summed E-state index contributed by atoms with van der Waals surface area (Å²) in [4.78, 5) is 4.46. The maximum absolute atomic E-state index is 6.13. The fourth-order valence-electron chi connectivity index (χ4n) is 3.24. The van der Waals surface area contributed by atoms with Gasteiger partial charge in [-0.05, 0) is 55.5 Å². The zero-order valence-electron chi connectivity index (χ0n) is 13.5. The lowest BCUT2D eigenvalue weighted by Crippen LogP contribution is -2.23. The van der Waals surface area contributed by atoms with E-state index >= 15 is 0 Å². The summed E-state index contributed by atoms with van der Waals surface area (Å²) in [5.74, 6) is 1.52. The molecule has 0 amide bonds. The molecule has 3 heterocycles. The van der Waals surface area contributed by atoms with Crippen molar-refractivity contribution in [1.29, 1.82) is 0 Å². The van der Waals surface area contributed by atoms with Crippen molar-refractivity contribution >= 4 is 17.0 Å². The number of thiophene rings is 1. The van der Waals surface area contributed by atoms with Crippen LogP contribution in [0.5, 0.6) is 5.88 Å². The van der Waals surface area contributed by atoms with E-state index in [1.54, 1.807) is 11.3 Å². The fraction of sp³-hybridized carbons (Fsp3) is 0.444. The van der Waals surface area contributed by atoms with Crippen molar-refractivity contribution in [2.75, 3.05) is 0 Å². The van der Waals surface area contributed by atoms with Gasteiger partial charge < -0.3 is 4.74 Å². The molecule has 4 rings (SSSR count). The molecule has 1 fully saturated rings. The van der Waals surface area contributed by atoms with Crippen LogP contribution in [0, 0.1) is 12.8 Å². The molecule has 4 nitrogen and oxygen atoms in total. The number of aryl methyl sites for hydroxylation is 1. The van der Waals surface area contributed by atoms with Gasteiger partial charge in [-0.3, -0.25) is 0 Å². The van der Waals surface area contributed by atoms with Crippen LogP contribution in [0.4, 0.5) is 0 Å². The molecule has 120 valence electrons. The standard InChI is InChI=1S/C18H21N3OS/c1-12-3-5-14(6-4-12)22-18-8-7-17-19-9-16(21(17)20-18)15-11-23-10-13(15)2/h7-12,14H,3-6H2,1-2H3. The molecule has 1 aliphatic carbocycles. The lowest BCUT2D eigenvalue weighted by Gasteiger charge is -2.26. The summed E-state index contributed by atoms with van der Waals surface area (Å²) in [7, 11) is 0. The van der Waals surface area contributed by atoms with Crippen LogP contribution in [0.15, 0.2) is 29.1 Å². The van der Waals surface area contributed by atoms with E-state index in [-0.39, 0.29) is 0 Å². The first-order valence-corrected chi connectivity index (χ1v) is 9.19. The van der Waals surface area contributed by atoms with Gasteiger partial charge in [0.15, 0.2) is 5.65 Å². The summed E-state index contributed by atoms with van der Waals surface area (Å²) in [5, 5.41) is 8.98. The lowest BCUT2D eigenvalue weighted by molar-refractivity contribution is 0.128. The lowest BCUT2D eigenvalue weighted by atomic mass is 9.89. The second-order valence-corrected chi connectivity index (χ2v) is 7.30. The third-order valence-electron chi connectivity index (χ3n) is 4.72. The van der Waals surface area contributed by atoms with E-state index in [0.29, 0.717) is 12.0 Å². The zero-order chi connectivity index (χ0) is 15.8. The molecule has 0 spiro atoms.